The van der Waals surface area contributed by atoms with Crippen LogP contribution in [0.4, 0.5) is 13.2 Å². The summed E-state index contributed by atoms with van der Waals surface area (Å²) in [4.78, 5) is 22.2. The van der Waals surface area contributed by atoms with E-state index in [1.165, 1.54) is 32.4 Å². The highest BCUT2D eigenvalue weighted by molar-refractivity contribution is 6.45. The summed E-state index contributed by atoms with van der Waals surface area (Å²) in [5.74, 6) is -0.750. The first-order valence-electron chi connectivity index (χ1n) is 9.10. The van der Waals surface area contributed by atoms with Crippen molar-refractivity contribution < 1.29 is 32.4 Å². The molecule has 0 aromatic heterocycles. The fraction of sp³-hybridized carbons (Fsp3) is 0.286. The molecule has 31 heavy (non-hydrogen) atoms. The minimum absolute atomic E-state index is 0.0668. The number of hydrogen-bond donors (Lipinski definition) is 1. The van der Waals surface area contributed by atoms with E-state index in [1.54, 1.807) is 31.2 Å². The van der Waals surface area contributed by atoms with Crippen molar-refractivity contribution in [2.45, 2.75) is 26.8 Å². The number of carbonyl (C=O) groups excluding carboxylic acids is 1. The number of amides is 1. The molecule has 0 unspecified atom stereocenters. The van der Waals surface area contributed by atoms with Crippen molar-refractivity contribution >= 4 is 17.3 Å². The molecule has 0 aliphatic carbocycles. The first-order valence-corrected chi connectivity index (χ1v) is 9.10. The van der Waals surface area contributed by atoms with Crippen molar-refractivity contribution in [2.75, 3.05) is 14.2 Å². The summed E-state index contributed by atoms with van der Waals surface area (Å²) in [7, 11) is 2.83. The number of nitrogens with one attached hydrogen (secondary N) is 1. The molecule has 2 rings (SSSR count). The second-order valence-electron chi connectivity index (χ2n) is 6.38. The molecule has 0 radical (unpaired) electrons. The van der Waals surface area contributed by atoms with E-state index in [0.29, 0.717) is 22.4 Å². The van der Waals surface area contributed by atoms with E-state index < -0.39 is 12.3 Å². The summed E-state index contributed by atoms with van der Waals surface area (Å²) in [5, 5.41) is 10.3. The second-order valence-corrected chi connectivity index (χ2v) is 6.38. The third-order valence-electron chi connectivity index (χ3n) is 4.10. The lowest BCUT2D eigenvalue weighted by Gasteiger charge is -2.11. The topological polar surface area (TPSA) is 81.5 Å². The number of benzene rings is 2. The van der Waals surface area contributed by atoms with Gasteiger partial charge in [-0.25, -0.2) is 0 Å². The molecule has 0 bridgehead atoms. The molecule has 2 aromatic rings. The van der Waals surface area contributed by atoms with E-state index >= 15 is 0 Å². The number of rotatable bonds is 8. The Bertz CT molecular complexity index is 988. The molecule has 0 saturated carbocycles. The van der Waals surface area contributed by atoms with Crippen molar-refractivity contribution in [3.63, 3.8) is 0 Å². The van der Waals surface area contributed by atoms with Gasteiger partial charge in [0.25, 0.3) is 5.91 Å². The number of likely N-dealkylation sites (N-methyl/N-ethyl adjacent to an activating group) is 1. The molecule has 0 atom stereocenters. The summed E-state index contributed by atoms with van der Waals surface area (Å²) < 4.78 is 41.1. The molecule has 0 fully saturated rings. The molecule has 0 spiro atoms. The quantitative estimate of drug-likeness (QED) is 0.501. The number of hydrogen-bond acceptors (Lipinski definition) is 6. The third kappa shape index (κ3) is 7.02. The van der Waals surface area contributed by atoms with Gasteiger partial charge in [-0.3, -0.25) is 4.79 Å². The number of aryl methyl sites for hydroxylation is 1. The van der Waals surface area contributed by atoms with Crippen LogP contribution in [-0.4, -0.2) is 37.9 Å². The van der Waals surface area contributed by atoms with E-state index in [4.69, 9.17) is 9.68 Å². The van der Waals surface area contributed by atoms with Crippen molar-refractivity contribution in [2.24, 2.45) is 10.3 Å². The van der Waals surface area contributed by atoms with Crippen LogP contribution in [0, 0.1) is 6.92 Å². The Morgan fingerprint density at radius 1 is 1.13 bits per heavy atom. The van der Waals surface area contributed by atoms with Gasteiger partial charge in [0.05, 0.1) is 5.71 Å². The number of carbonyl (C=O) groups is 1. The van der Waals surface area contributed by atoms with Crippen LogP contribution in [0.25, 0.3) is 0 Å². The number of halogens is 3. The predicted molar refractivity (Wildman–Crippen MR) is 109 cm³/mol. The smallest absolute Gasteiger partial charge is 0.406 e. The van der Waals surface area contributed by atoms with Crippen molar-refractivity contribution in [3.8, 4) is 5.75 Å². The summed E-state index contributed by atoms with van der Waals surface area (Å²) in [6, 6.07) is 10.8. The Hall–Kier alpha value is -3.56. The SMILES string of the molecule is CNC(=O)C(=NOC)c1cc(CON=C(C)c2cccc(OC(F)(F)F)c2)ccc1C. The molecule has 1 amide bonds. The van der Waals surface area contributed by atoms with Crippen molar-refractivity contribution in [1.29, 1.82) is 0 Å². The number of ether oxygens (including phenoxy) is 1. The van der Waals surface area contributed by atoms with Gasteiger partial charge in [0, 0.05) is 18.2 Å². The Kier molecular flexibility index (Phi) is 8.00. The van der Waals surface area contributed by atoms with Crippen LogP contribution in [0.5, 0.6) is 5.75 Å². The average molecular weight is 437 g/mol. The van der Waals surface area contributed by atoms with Crippen molar-refractivity contribution in [1.82, 2.24) is 5.32 Å². The van der Waals surface area contributed by atoms with E-state index in [1.807, 2.05) is 6.92 Å². The minimum Gasteiger partial charge on any atom is -0.406 e. The zero-order valence-electron chi connectivity index (χ0n) is 17.4. The monoisotopic (exact) mass is 437 g/mol. The first kappa shape index (κ1) is 23.7. The largest absolute Gasteiger partial charge is 0.573 e. The maximum absolute atomic E-state index is 12.4. The van der Waals surface area contributed by atoms with Crippen LogP contribution >= 0.6 is 0 Å². The molecule has 1 N–H and O–H groups in total. The minimum atomic E-state index is -4.77. The van der Waals surface area contributed by atoms with E-state index in [-0.39, 0.29) is 18.1 Å². The Morgan fingerprint density at radius 2 is 1.87 bits per heavy atom. The maximum Gasteiger partial charge on any atom is 0.573 e. The second kappa shape index (κ2) is 10.5. The zero-order valence-corrected chi connectivity index (χ0v) is 17.4. The van der Waals surface area contributed by atoms with Crippen LogP contribution in [-0.2, 0) is 21.1 Å². The lowest BCUT2D eigenvalue weighted by atomic mass is 10.0. The summed E-state index contributed by atoms with van der Waals surface area (Å²) >= 11 is 0. The van der Waals surface area contributed by atoms with Gasteiger partial charge in [-0.05, 0) is 43.2 Å². The molecule has 2 aromatic carbocycles. The molecular formula is C21H22F3N3O4. The van der Waals surface area contributed by atoms with Crippen LogP contribution < -0.4 is 10.1 Å². The van der Waals surface area contributed by atoms with E-state index in [0.717, 1.165) is 5.56 Å². The lowest BCUT2D eigenvalue weighted by molar-refractivity contribution is -0.274. The van der Waals surface area contributed by atoms with Gasteiger partial charge in [-0.15, -0.1) is 13.2 Å². The predicted octanol–water partition coefficient (Wildman–Crippen LogP) is 3.93. The molecule has 0 aliphatic rings. The highest BCUT2D eigenvalue weighted by atomic mass is 19.4. The average Bonchev–Trinajstić information content (AvgIpc) is 2.71. The highest BCUT2D eigenvalue weighted by Gasteiger charge is 2.31. The van der Waals surface area contributed by atoms with Crippen molar-refractivity contribution in [3.05, 3.63) is 64.7 Å². The number of oxime groups is 2. The molecule has 10 heteroatoms. The molecule has 7 nitrogen and oxygen atoms in total. The van der Waals surface area contributed by atoms with Gasteiger partial charge in [-0.2, -0.15) is 0 Å². The Morgan fingerprint density at radius 3 is 2.52 bits per heavy atom. The normalized spacial score (nSPS) is 12.4. The summed E-state index contributed by atoms with van der Waals surface area (Å²) in [5.41, 5.74) is 2.99. The van der Waals surface area contributed by atoms with Gasteiger partial charge in [0.2, 0.25) is 0 Å². The molecule has 166 valence electrons. The van der Waals surface area contributed by atoms with E-state index in [9.17, 15) is 18.0 Å². The first-order chi connectivity index (χ1) is 14.6. The number of nitrogens with zero attached hydrogens (tertiary/aromatic N) is 2. The van der Waals surface area contributed by atoms with Gasteiger partial charge in [0.1, 0.15) is 19.5 Å². The summed E-state index contributed by atoms with van der Waals surface area (Å²) in [6.45, 7) is 3.49. The molecule has 0 aliphatic heterocycles. The standard InChI is InChI=1S/C21H22F3N3O4/c1-13-8-9-15(10-18(13)19(27-29-4)20(28)25-3)12-30-26-14(2)16-6-5-7-17(11-16)31-21(22,23)24/h5-11H,12H2,1-4H3,(H,25,28). The van der Waals surface area contributed by atoms with Gasteiger partial charge in [-0.1, -0.05) is 34.6 Å². The fourth-order valence-electron chi connectivity index (χ4n) is 2.61. The molecular weight excluding hydrogens is 415 g/mol. The third-order valence-corrected chi connectivity index (χ3v) is 4.10. The maximum atomic E-state index is 12.4. The molecule has 0 saturated heterocycles. The van der Waals surface area contributed by atoms with Crippen LogP contribution in [0.2, 0.25) is 0 Å². The van der Waals surface area contributed by atoms with Gasteiger partial charge < -0.3 is 19.7 Å². The Labute approximate surface area is 177 Å². The lowest BCUT2D eigenvalue weighted by Crippen LogP contribution is -2.29. The van der Waals surface area contributed by atoms with Crippen LogP contribution in [0.15, 0.2) is 52.8 Å². The molecule has 0 heterocycles. The number of alkyl halides is 3. The van der Waals surface area contributed by atoms with Crippen LogP contribution in [0.3, 0.4) is 0 Å². The van der Waals surface area contributed by atoms with Gasteiger partial charge >= 0.3 is 6.36 Å². The highest BCUT2D eigenvalue weighted by Crippen LogP contribution is 2.23. The summed E-state index contributed by atoms with van der Waals surface area (Å²) in [6.07, 6.45) is -4.77. The fourth-order valence-corrected chi connectivity index (χ4v) is 2.61. The van der Waals surface area contributed by atoms with Gasteiger partial charge in [0.15, 0.2) is 5.71 Å². The van der Waals surface area contributed by atoms with E-state index in [2.05, 4.69) is 20.4 Å². The van der Waals surface area contributed by atoms with Crippen LogP contribution in [0.1, 0.15) is 29.2 Å². The zero-order chi connectivity index (χ0) is 23.0. The Balaban J connectivity index is 2.15.